The second-order valence-electron chi connectivity index (χ2n) is 7.22. The van der Waals surface area contributed by atoms with Gasteiger partial charge in [0.2, 0.25) is 0 Å². The summed E-state index contributed by atoms with van der Waals surface area (Å²) in [4.78, 5) is 0. The zero-order valence-corrected chi connectivity index (χ0v) is 17.2. The van der Waals surface area contributed by atoms with Crippen molar-refractivity contribution >= 4 is 27.1 Å². The van der Waals surface area contributed by atoms with Crippen molar-refractivity contribution in [2.75, 3.05) is 0 Å². The fraction of sp³-hybridized carbons (Fsp3) is 0.0370. The number of hydrogen-bond donors (Lipinski definition) is 0. The van der Waals surface area contributed by atoms with Crippen LogP contribution in [-0.2, 0) is 0 Å². The molecule has 0 heterocycles. The van der Waals surface area contributed by atoms with Crippen molar-refractivity contribution in [2.45, 2.75) is 6.92 Å². The summed E-state index contributed by atoms with van der Waals surface area (Å²) in [6.07, 6.45) is 0. The van der Waals surface area contributed by atoms with E-state index in [9.17, 15) is 0 Å². The predicted octanol–water partition coefficient (Wildman–Crippen LogP) is 7.75. The Labute approximate surface area is 174 Å². The van der Waals surface area contributed by atoms with E-state index in [-0.39, 0.29) is 0 Å². The normalized spacial score (nSPS) is 11.9. The van der Waals surface area contributed by atoms with Gasteiger partial charge in [0.1, 0.15) is 0 Å². The highest BCUT2D eigenvalue weighted by Crippen LogP contribution is 2.48. The quantitative estimate of drug-likeness (QED) is 0.272. The molecule has 5 rings (SSSR count). The Morgan fingerprint density at radius 3 is 1.68 bits per heavy atom. The molecule has 0 N–H and O–H groups in total. The molecule has 1 aliphatic rings. The molecule has 0 nitrogen and oxygen atoms in total. The minimum atomic E-state index is 1.11. The number of benzene rings is 4. The molecule has 1 heteroatoms. The van der Waals surface area contributed by atoms with Crippen molar-refractivity contribution in [1.82, 2.24) is 0 Å². The minimum Gasteiger partial charge on any atom is -0.0622 e. The van der Waals surface area contributed by atoms with Crippen molar-refractivity contribution in [3.63, 3.8) is 0 Å². The van der Waals surface area contributed by atoms with Gasteiger partial charge in [-0.05, 0) is 69.1 Å². The van der Waals surface area contributed by atoms with Crippen LogP contribution in [0.5, 0.6) is 0 Å². The molecule has 134 valence electrons. The molecule has 4 aromatic carbocycles. The Hall–Kier alpha value is -2.90. The first-order valence-electron chi connectivity index (χ1n) is 9.49. The smallest absolute Gasteiger partial charge is 0.0184 e. The fourth-order valence-corrected chi connectivity index (χ4v) is 4.83. The summed E-state index contributed by atoms with van der Waals surface area (Å²) in [6.45, 7) is 2.15. The van der Waals surface area contributed by atoms with Gasteiger partial charge in [-0.2, -0.15) is 0 Å². The summed E-state index contributed by atoms with van der Waals surface area (Å²) >= 11 is 3.70. The summed E-state index contributed by atoms with van der Waals surface area (Å²) in [6, 6.07) is 34.9. The molecule has 0 spiro atoms. The van der Waals surface area contributed by atoms with Crippen LogP contribution in [0.2, 0.25) is 0 Å². The lowest BCUT2D eigenvalue weighted by Crippen LogP contribution is -1.95. The van der Waals surface area contributed by atoms with E-state index < -0.39 is 0 Å². The zero-order valence-electron chi connectivity index (χ0n) is 15.6. The van der Waals surface area contributed by atoms with Crippen molar-refractivity contribution in [2.24, 2.45) is 0 Å². The maximum atomic E-state index is 3.70. The van der Waals surface area contributed by atoms with Gasteiger partial charge in [-0.3, -0.25) is 0 Å². The lowest BCUT2D eigenvalue weighted by atomic mass is 9.88. The highest BCUT2D eigenvalue weighted by molar-refractivity contribution is 9.10. The summed E-state index contributed by atoms with van der Waals surface area (Å²) in [7, 11) is 0. The molecule has 0 atom stereocenters. The van der Waals surface area contributed by atoms with Crippen LogP contribution >= 0.6 is 15.9 Å². The number of aryl methyl sites for hydroxylation is 1. The van der Waals surface area contributed by atoms with Crippen LogP contribution < -0.4 is 0 Å². The average Bonchev–Trinajstić information content (AvgIpc) is 3.03. The minimum absolute atomic E-state index is 1.11. The topological polar surface area (TPSA) is 0 Å². The Bertz CT molecular complexity index is 1150. The molecule has 4 aromatic rings. The Balaban J connectivity index is 1.93. The van der Waals surface area contributed by atoms with Crippen LogP contribution in [0.15, 0.2) is 102 Å². The summed E-state index contributed by atoms with van der Waals surface area (Å²) < 4.78 is 1.11. The van der Waals surface area contributed by atoms with Crippen LogP contribution in [0.25, 0.3) is 22.3 Å². The highest BCUT2D eigenvalue weighted by Gasteiger charge is 2.26. The SMILES string of the molecule is Cc1cc(Br)cc(C(=C2c3ccccc3-c3ccccc32)c2ccccc2)c1. The summed E-state index contributed by atoms with van der Waals surface area (Å²) in [5.74, 6) is 0. The maximum Gasteiger partial charge on any atom is 0.0184 e. The van der Waals surface area contributed by atoms with E-state index in [0.29, 0.717) is 0 Å². The largest absolute Gasteiger partial charge is 0.0622 e. The lowest BCUT2D eigenvalue weighted by molar-refractivity contribution is 1.42. The molecule has 0 radical (unpaired) electrons. The van der Waals surface area contributed by atoms with Crippen molar-refractivity contribution < 1.29 is 0 Å². The lowest BCUT2D eigenvalue weighted by Gasteiger charge is -2.16. The van der Waals surface area contributed by atoms with E-state index in [1.165, 1.54) is 50.1 Å². The van der Waals surface area contributed by atoms with Gasteiger partial charge in [-0.25, -0.2) is 0 Å². The number of hydrogen-bond acceptors (Lipinski definition) is 0. The van der Waals surface area contributed by atoms with Gasteiger partial charge in [-0.15, -0.1) is 0 Å². The molecule has 0 fully saturated rings. The Kier molecular flexibility index (Phi) is 4.26. The van der Waals surface area contributed by atoms with Crippen molar-refractivity contribution in [3.8, 4) is 11.1 Å². The van der Waals surface area contributed by atoms with Crippen LogP contribution in [0.1, 0.15) is 27.8 Å². The molecular weight excluding hydrogens is 404 g/mol. The van der Waals surface area contributed by atoms with Gasteiger partial charge in [-0.1, -0.05) is 101 Å². The molecule has 1 aliphatic carbocycles. The monoisotopic (exact) mass is 422 g/mol. The first kappa shape index (κ1) is 17.2. The molecule has 0 unspecified atom stereocenters. The number of rotatable bonds is 2. The number of halogens is 1. The number of fused-ring (bicyclic) bond motifs is 3. The highest BCUT2D eigenvalue weighted by atomic mass is 79.9. The molecule has 28 heavy (non-hydrogen) atoms. The standard InChI is InChI=1S/C27H19Br/c1-18-15-20(17-21(28)16-18)26(19-9-3-2-4-10-19)27-24-13-7-5-11-22(24)23-12-6-8-14-25(23)27/h2-17H,1H3. The average molecular weight is 423 g/mol. The van der Waals surface area contributed by atoms with Crippen LogP contribution in [-0.4, -0.2) is 0 Å². The van der Waals surface area contributed by atoms with Gasteiger partial charge in [0.15, 0.2) is 0 Å². The molecule has 0 saturated carbocycles. The van der Waals surface area contributed by atoms with Gasteiger partial charge in [0.05, 0.1) is 0 Å². The Morgan fingerprint density at radius 2 is 1.11 bits per heavy atom. The third-order valence-corrected chi connectivity index (χ3v) is 5.78. The molecule has 0 saturated heterocycles. The van der Waals surface area contributed by atoms with Gasteiger partial charge >= 0.3 is 0 Å². The van der Waals surface area contributed by atoms with Crippen LogP contribution in [0.4, 0.5) is 0 Å². The molecule has 0 amide bonds. The second kappa shape index (κ2) is 6.92. The molecule has 0 aromatic heterocycles. The van der Waals surface area contributed by atoms with E-state index in [1.807, 2.05) is 0 Å². The first-order chi connectivity index (χ1) is 13.7. The molecule has 0 bridgehead atoms. The molecular formula is C27H19Br. The van der Waals surface area contributed by atoms with Crippen LogP contribution in [0, 0.1) is 6.92 Å². The van der Waals surface area contributed by atoms with Gasteiger partial charge < -0.3 is 0 Å². The third kappa shape index (κ3) is 2.83. The second-order valence-corrected chi connectivity index (χ2v) is 8.14. The Morgan fingerprint density at radius 1 is 0.571 bits per heavy atom. The first-order valence-corrected chi connectivity index (χ1v) is 10.3. The van der Waals surface area contributed by atoms with E-state index in [4.69, 9.17) is 0 Å². The van der Waals surface area contributed by atoms with E-state index in [2.05, 4.69) is 120 Å². The van der Waals surface area contributed by atoms with Gasteiger partial charge in [0.25, 0.3) is 0 Å². The third-order valence-electron chi connectivity index (χ3n) is 5.33. The van der Waals surface area contributed by atoms with E-state index in [1.54, 1.807) is 0 Å². The summed E-state index contributed by atoms with van der Waals surface area (Å²) in [5, 5.41) is 0. The van der Waals surface area contributed by atoms with Crippen molar-refractivity contribution in [1.29, 1.82) is 0 Å². The van der Waals surface area contributed by atoms with Gasteiger partial charge in [0, 0.05) is 4.47 Å². The zero-order chi connectivity index (χ0) is 19.1. The van der Waals surface area contributed by atoms with Crippen LogP contribution in [0.3, 0.4) is 0 Å². The summed E-state index contributed by atoms with van der Waals surface area (Å²) in [5.41, 5.74) is 11.6. The predicted molar refractivity (Wildman–Crippen MR) is 122 cm³/mol. The molecule has 0 aliphatic heterocycles. The maximum absolute atomic E-state index is 3.70. The van der Waals surface area contributed by atoms with E-state index in [0.717, 1.165) is 4.47 Å². The van der Waals surface area contributed by atoms with E-state index >= 15 is 0 Å². The fourth-order valence-electron chi connectivity index (χ4n) is 4.23. The van der Waals surface area contributed by atoms with Crippen molar-refractivity contribution in [3.05, 3.63) is 129 Å².